The van der Waals surface area contributed by atoms with E-state index in [2.05, 4.69) is 90.8 Å². The Morgan fingerprint density at radius 1 is 0.593 bits per heavy atom. The zero-order valence-corrected chi connectivity index (χ0v) is 15.1. The first-order valence-corrected chi connectivity index (χ1v) is 9.11. The van der Waals surface area contributed by atoms with Gasteiger partial charge in [0.25, 0.3) is 0 Å². The molecular formula is C25H19NO. The van der Waals surface area contributed by atoms with Crippen molar-refractivity contribution in [1.82, 2.24) is 0 Å². The average Bonchev–Trinajstić information content (AvgIpc) is 3.13. The van der Waals surface area contributed by atoms with Crippen LogP contribution in [0.5, 0.6) is 0 Å². The monoisotopic (exact) mass is 349 g/mol. The molecule has 0 N–H and O–H groups in total. The number of para-hydroxylation sites is 2. The van der Waals surface area contributed by atoms with E-state index in [1.807, 2.05) is 18.2 Å². The smallest absolute Gasteiger partial charge is 0.159 e. The van der Waals surface area contributed by atoms with E-state index in [0.717, 1.165) is 33.3 Å². The Hall–Kier alpha value is -3.52. The van der Waals surface area contributed by atoms with Crippen LogP contribution in [0.1, 0.15) is 0 Å². The van der Waals surface area contributed by atoms with Crippen molar-refractivity contribution < 1.29 is 4.42 Å². The van der Waals surface area contributed by atoms with Gasteiger partial charge in [-0.05, 0) is 35.4 Å². The predicted octanol–water partition coefficient (Wildman–Crippen LogP) is 7.02. The molecule has 1 heterocycles. The fourth-order valence-corrected chi connectivity index (χ4v) is 3.64. The summed E-state index contributed by atoms with van der Waals surface area (Å²) < 4.78 is 6.18. The van der Waals surface area contributed by atoms with E-state index in [-0.39, 0.29) is 0 Å². The molecule has 0 atom stereocenters. The number of fused-ring (bicyclic) bond motifs is 3. The van der Waals surface area contributed by atoms with E-state index in [9.17, 15) is 0 Å². The van der Waals surface area contributed by atoms with Gasteiger partial charge >= 0.3 is 0 Å². The van der Waals surface area contributed by atoms with Crippen LogP contribution in [0.4, 0.5) is 11.4 Å². The van der Waals surface area contributed by atoms with Crippen LogP contribution in [0.25, 0.3) is 33.1 Å². The van der Waals surface area contributed by atoms with Gasteiger partial charge in [-0.15, -0.1) is 0 Å². The fraction of sp³-hybridized carbons (Fsp3) is 0.0400. The van der Waals surface area contributed by atoms with Crippen LogP contribution in [-0.2, 0) is 0 Å². The normalized spacial score (nSPS) is 11.1. The molecule has 0 saturated carbocycles. The molecule has 0 aliphatic rings. The average molecular weight is 349 g/mol. The molecule has 0 amide bonds. The van der Waals surface area contributed by atoms with Crippen LogP contribution in [-0.4, -0.2) is 7.05 Å². The van der Waals surface area contributed by atoms with Crippen molar-refractivity contribution in [3.05, 3.63) is 97.1 Å². The first-order chi connectivity index (χ1) is 13.3. The van der Waals surface area contributed by atoms with E-state index >= 15 is 0 Å². The molecule has 1 aromatic heterocycles. The zero-order valence-electron chi connectivity index (χ0n) is 15.1. The number of hydrogen-bond donors (Lipinski definition) is 0. The summed E-state index contributed by atoms with van der Waals surface area (Å²) in [6.45, 7) is 0. The van der Waals surface area contributed by atoms with E-state index < -0.39 is 0 Å². The number of benzene rings is 4. The second-order valence-corrected chi connectivity index (χ2v) is 6.72. The molecule has 5 rings (SSSR count). The summed E-state index contributed by atoms with van der Waals surface area (Å²) in [6, 6.07) is 33.6. The number of furan rings is 1. The highest BCUT2D eigenvalue weighted by atomic mass is 16.3. The summed E-state index contributed by atoms with van der Waals surface area (Å²) in [4.78, 5) is 2.18. The third-order valence-electron chi connectivity index (χ3n) is 5.11. The van der Waals surface area contributed by atoms with Gasteiger partial charge in [0.1, 0.15) is 5.58 Å². The van der Waals surface area contributed by atoms with Gasteiger partial charge in [-0.3, -0.25) is 0 Å². The van der Waals surface area contributed by atoms with Crippen LogP contribution in [0, 0.1) is 0 Å². The van der Waals surface area contributed by atoms with Crippen molar-refractivity contribution in [3.63, 3.8) is 0 Å². The summed E-state index contributed by atoms with van der Waals surface area (Å²) in [5.41, 5.74) is 6.49. The third-order valence-corrected chi connectivity index (χ3v) is 5.11. The summed E-state index contributed by atoms with van der Waals surface area (Å²) in [5.74, 6) is 0. The number of nitrogens with zero attached hydrogens (tertiary/aromatic N) is 1. The quantitative estimate of drug-likeness (QED) is 0.348. The van der Waals surface area contributed by atoms with Gasteiger partial charge in [0.2, 0.25) is 0 Å². The maximum atomic E-state index is 6.18. The Morgan fingerprint density at radius 2 is 1.26 bits per heavy atom. The maximum absolute atomic E-state index is 6.18. The van der Waals surface area contributed by atoms with Crippen molar-refractivity contribution in [2.24, 2.45) is 0 Å². The highest BCUT2D eigenvalue weighted by Gasteiger charge is 2.14. The minimum atomic E-state index is 0.924. The summed E-state index contributed by atoms with van der Waals surface area (Å²) >= 11 is 0. The molecule has 0 saturated heterocycles. The van der Waals surface area contributed by atoms with Gasteiger partial charge in [-0.1, -0.05) is 72.8 Å². The number of anilines is 2. The minimum absolute atomic E-state index is 0.924. The van der Waals surface area contributed by atoms with Crippen LogP contribution >= 0.6 is 0 Å². The lowest BCUT2D eigenvalue weighted by Crippen LogP contribution is -2.09. The van der Waals surface area contributed by atoms with Gasteiger partial charge in [-0.25, -0.2) is 0 Å². The highest BCUT2D eigenvalue weighted by Crippen LogP contribution is 2.37. The number of hydrogen-bond acceptors (Lipinski definition) is 2. The minimum Gasteiger partial charge on any atom is -0.454 e. The summed E-state index contributed by atoms with van der Waals surface area (Å²) in [7, 11) is 2.08. The predicted molar refractivity (Wildman–Crippen MR) is 114 cm³/mol. The van der Waals surface area contributed by atoms with Gasteiger partial charge < -0.3 is 9.32 Å². The first kappa shape index (κ1) is 15.7. The second kappa shape index (κ2) is 6.33. The fourth-order valence-electron chi connectivity index (χ4n) is 3.64. The zero-order chi connectivity index (χ0) is 18.2. The highest BCUT2D eigenvalue weighted by molar-refractivity contribution is 6.09. The first-order valence-electron chi connectivity index (χ1n) is 9.11. The van der Waals surface area contributed by atoms with Gasteiger partial charge in [0, 0.05) is 23.5 Å². The van der Waals surface area contributed by atoms with E-state index in [4.69, 9.17) is 4.42 Å². The molecule has 2 heteroatoms. The molecule has 27 heavy (non-hydrogen) atoms. The molecule has 4 aromatic carbocycles. The molecule has 0 spiro atoms. The lowest BCUT2D eigenvalue weighted by Gasteiger charge is -2.20. The van der Waals surface area contributed by atoms with Crippen molar-refractivity contribution in [2.45, 2.75) is 0 Å². The summed E-state index contributed by atoms with van der Waals surface area (Å²) in [5, 5.41) is 2.30. The standard InChI is InChI=1S/C25H19NO/c1-26(20-16-14-19(15-17-20)18-8-3-2-4-9-18)23-12-7-11-22-21-10-5-6-13-24(21)27-25(22)23/h2-17H,1H3. The Kier molecular flexibility index (Phi) is 3.68. The van der Waals surface area contributed by atoms with Crippen molar-refractivity contribution >= 4 is 33.3 Å². The van der Waals surface area contributed by atoms with Crippen molar-refractivity contribution in [1.29, 1.82) is 0 Å². The van der Waals surface area contributed by atoms with E-state index in [0.29, 0.717) is 0 Å². The topological polar surface area (TPSA) is 16.4 Å². The van der Waals surface area contributed by atoms with E-state index in [1.165, 1.54) is 11.1 Å². The van der Waals surface area contributed by atoms with Crippen LogP contribution in [0.3, 0.4) is 0 Å². The SMILES string of the molecule is CN(c1ccc(-c2ccccc2)cc1)c1cccc2c1oc1ccccc12. The maximum Gasteiger partial charge on any atom is 0.159 e. The van der Waals surface area contributed by atoms with Crippen molar-refractivity contribution in [2.75, 3.05) is 11.9 Å². The van der Waals surface area contributed by atoms with Gasteiger partial charge in [0.05, 0.1) is 5.69 Å². The van der Waals surface area contributed by atoms with Crippen LogP contribution in [0.15, 0.2) is 101 Å². The van der Waals surface area contributed by atoms with Crippen LogP contribution < -0.4 is 4.90 Å². The lowest BCUT2D eigenvalue weighted by molar-refractivity contribution is 0.668. The Morgan fingerprint density at radius 3 is 2.07 bits per heavy atom. The molecule has 0 fully saturated rings. The van der Waals surface area contributed by atoms with Crippen molar-refractivity contribution in [3.8, 4) is 11.1 Å². The van der Waals surface area contributed by atoms with Gasteiger partial charge in [-0.2, -0.15) is 0 Å². The third kappa shape index (κ3) is 2.67. The number of rotatable bonds is 3. The Balaban J connectivity index is 1.57. The molecule has 0 aliphatic carbocycles. The molecule has 0 aliphatic heterocycles. The van der Waals surface area contributed by atoms with Gasteiger partial charge in [0.15, 0.2) is 5.58 Å². The summed E-state index contributed by atoms with van der Waals surface area (Å²) in [6.07, 6.45) is 0. The Bertz CT molecular complexity index is 1220. The molecule has 5 aromatic rings. The van der Waals surface area contributed by atoms with E-state index in [1.54, 1.807) is 0 Å². The molecular weight excluding hydrogens is 330 g/mol. The second-order valence-electron chi connectivity index (χ2n) is 6.72. The molecule has 2 nitrogen and oxygen atoms in total. The molecule has 0 radical (unpaired) electrons. The lowest BCUT2D eigenvalue weighted by atomic mass is 10.1. The molecule has 130 valence electrons. The molecule has 0 unspecified atom stereocenters. The Labute approximate surface area is 158 Å². The van der Waals surface area contributed by atoms with Crippen LogP contribution in [0.2, 0.25) is 0 Å². The largest absolute Gasteiger partial charge is 0.454 e. The molecule has 0 bridgehead atoms.